The molecule has 0 radical (unpaired) electrons. The van der Waals surface area contributed by atoms with Gasteiger partial charge in [-0.2, -0.15) is 0 Å². The number of anilines is 2. The molecule has 0 spiro atoms. The molecule has 0 N–H and O–H groups in total. The summed E-state index contributed by atoms with van der Waals surface area (Å²) in [4.78, 5) is 4.69. The van der Waals surface area contributed by atoms with Crippen molar-refractivity contribution < 1.29 is 0 Å². The molecule has 0 atom stereocenters. The van der Waals surface area contributed by atoms with Gasteiger partial charge < -0.3 is 9.80 Å². The van der Waals surface area contributed by atoms with Crippen molar-refractivity contribution in [1.82, 2.24) is 0 Å². The van der Waals surface area contributed by atoms with Crippen molar-refractivity contribution in [1.29, 1.82) is 0 Å². The number of hydrogen-bond acceptors (Lipinski definition) is 2. The Balaban J connectivity index is 2.41. The molecule has 0 aromatic heterocycles. The van der Waals surface area contributed by atoms with Crippen LogP contribution in [-0.2, 0) is 0 Å². The molecule has 0 fully saturated rings. The number of nitrogens with zero attached hydrogens (tertiary/aromatic N) is 2. The molecule has 1 aliphatic rings. The van der Waals surface area contributed by atoms with Crippen LogP contribution in [0.25, 0.3) is 10.8 Å². The van der Waals surface area contributed by atoms with E-state index in [1.165, 1.54) is 22.1 Å². The molecule has 2 heteroatoms. The highest BCUT2D eigenvalue weighted by Gasteiger charge is 2.16. The maximum atomic E-state index is 2.34. The zero-order valence-corrected chi connectivity index (χ0v) is 9.77. The summed E-state index contributed by atoms with van der Waals surface area (Å²) < 4.78 is 0. The highest BCUT2D eigenvalue weighted by molar-refractivity contribution is 6.04. The maximum absolute atomic E-state index is 2.34. The molecule has 0 bridgehead atoms. The van der Waals surface area contributed by atoms with E-state index in [0.29, 0.717) is 0 Å². The molecule has 1 aliphatic heterocycles. The normalized spacial score (nSPS) is 15.4. The molecular weight excluding hydrogens is 196 g/mol. The van der Waals surface area contributed by atoms with Gasteiger partial charge in [0.15, 0.2) is 0 Å². The minimum absolute atomic E-state index is 1.07. The lowest BCUT2D eigenvalue weighted by Gasteiger charge is -2.18. The molecule has 1 heterocycles. The molecule has 2 aromatic rings. The maximum Gasteiger partial charge on any atom is 0.0464 e. The van der Waals surface area contributed by atoms with Gasteiger partial charge in [0.1, 0.15) is 0 Å². The van der Waals surface area contributed by atoms with Crippen LogP contribution in [0.1, 0.15) is 0 Å². The Morgan fingerprint density at radius 3 is 1.81 bits per heavy atom. The van der Waals surface area contributed by atoms with Crippen molar-refractivity contribution in [2.24, 2.45) is 0 Å². The summed E-state index contributed by atoms with van der Waals surface area (Å²) in [7, 11) is 4.34. The first-order valence-electron chi connectivity index (χ1n) is 5.71. The second-order valence-electron chi connectivity index (χ2n) is 4.50. The van der Waals surface area contributed by atoms with Crippen LogP contribution in [0, 0.1) is 0 Å². The zero-order valence-electron chi connectivity index (χ0n) is 9.77. The predicted octanol–water partition coefficient (Wildman–Crippen LogP) is 2.73. The first-order chi connectivity index (χ1) is 7.77. The molecule has 16 heavy (non-hydrogen) atoms. The molecule has 0 saturated carbocycles. The van der Waals surface area contributed by atoms with Crippen LogP contribution >= 0.6 is 0 Å². The van der Waals surface area contributed by atoms with Gasteiger partial charge in [0.05, 0.1) is 0 Å². The molecule has 0 aliphatic carbocycles. The van der Waals surface area contributed by atoms with Gasteiger partial charge in [-0.25, -0.2) is 0 Å². The molecule has 2 aromatic carbocycles. The SMILES string of the molecule is CN1CCN(C)c2cccc3cccc1c23. The van der Waals surface area contributed by atoms with Crippen molar-refractivity contribution in [3.8, 4) is 0 Å². The van der Waals surface area contributed by atoms with Crippen molar-refractivity contribution in [3.63, 3.8) is 0 Å². The number of rotatable bonds is 0. The number of hydrogen-bond donors (Lipinski definition) is 0. The van der Waals surface area contributed by atoms with Gasteiger partial charge in [0, 0.05) is 43.9 Å². The lowest BCUT2D eigenvalue weighted by atomic mass is 10.1. The van der Waals surface area contributed by atoms with Gasteiger partial charge >= 0.3 is 0 Å². The number of benzene rings is 2. The van der Waals surface area contributed by atoms with E-state index < -0.39 is 0 Å². The zero-order chi connectivity index (χ0) is 11.1. The minimum atomic E-state index is 1.07. The third kappa shape index (κ3) is 1.26. The van der Waals surface area contributed by atoms with Crippen molar-refractivity contribution >= 4 is 22.1 Å². The van der Waals surface area contributed by atoms with E-state index in [1.54, 1.807) is 0 Å². The van der Waals surface area contributed by atoms with Crippen LogP contribution in [-0.4, -0.2) is 27.2 Å². The third-order valence-electron chi connectivity index (χ3n) is 3.45. The second-order valence-corrected chi connectivity index (χ2v) is 4.50. The van der Waals surface area contributed by atoms with Gasteiger partial charge in [-0.15, -0.1) is 0 Å². The quantitative estimate of drug-likeness (QED) is 0.662. The van der Waals surface area contributed by atoms with E-state index >= 15 is 0 Å². The highest BCUT2D eigenvalue weighted by atomic mass is 15.2. The first-order valence-corrected chi connectivity index (χ1v) is 5.71. The summed E-state index contributed by atoms with van der Waals surface area (Å²) in [5, 5.41) is 2.71. The summed E-state index contributed by atoms with van der Waals surface area (Å²) in [6, 6.07) is 13.1. The molecule has 0 saturated heterocycles. The third-order valence-corrected chi connectivity index (χ3v) is 3.45. The van der Waals surface area contributed by atoms with Gasteiger partial charge in [-0.05, 0) is 17.5 Å². The first kappa shape index (κ1) is 9.52. The molecule has 82 valence electrons. The average molecular weight is 212 g/mol. The summed E-state index contributed by atoms with van der Waals surface area (Å²) in [6.07, 6.45) is 0. The fourth-order valence-electron chi connectivity index (χ4n) is 2.48. The van der Waals surface area contributed by atoms with Gasteiger partial charge in [-0.3, -0.25) is 0 Å². The van der Waals surface area contributed by atoms with E-state index in [2.05, 4.69) is 60.3 Å². The van der Waals surface area contributed by atoms with E-state index in [-0.39, 0.29) is 0 Å². The van der Waals surface area contributed by atoms with Gasteiger partial charge in [-0.1, -0.05) is 24.3 Å². The number of likely N-dealkylation sites (N-methyl/N-ethyl adjacent to an activating group) is 2. The Morgan fingerprint density at radius 2 is 1.31 bits per heavy atom. The van der Waals surface area contributed by atoms with E-state index in [1.807, 2.05) is 0 Å². The highest BCUT2D eigenvalue weighted by Crippen LogP contribution is 2.35. The van der Waals surface area contributed by atoms with Crippen LogP contribution in [0.5, 0.6) is 0 Å². The molecule has 0 unspecified atom stereocenters. The van der Waals surface area contributed by atoms with E-state index in [0.717, 1.165) is 13.1 Å². The molecule has 0 amide bonds. The van der Waals surface area contributed by atoms with E-state index in [4.69, 9.17) is 0 Å². The minimum Gasteiger partial charge on any atom is -0.372 e. The van der Waals surface area contributed by atoms with Crippen LogP contribution in [0.15, 0.2) is 36.4 Å². The Bertz CT molecular complexity index is 488. The standard InChI is InChI=1S/C14H16N2/c1-15-9-10-16(2)13-8-4-6-11-5-3-7-12(15)14(11)13/h3-8H,9-10H2,1-2H3. The topological polar surface area (TPSA) is 6.48 Å². The summed E-state index contributed by atoms with van der Waals surface area (Å²) in [5.74, 6) is 0. The van der Waals surface area contributed by atoms with Gasteiger partial charge in [0.25, 0.3) is 0 Å². The van der Waals surface area contributed by atoms with Crippen LogP contribution in [0.3, 0.4) is 0 Å². The molecule has 3 rings (SSSR count). The smallest absolute Gasteiger partial charge is 0.0464 e. The van der Waals surface area contributed by atoms with Crippen LogP contribution < -0.4 is 9.80 Å². The largest absolute Gasteiger partial charge is 0.372 e. The fourth-order valence-corrected chi connectivity index (χ4v) is 2.48. The molecule has 2 nitrogen and oxygen atoms in total. The van der Waals surface area contributed by atoms with Crippen molar-refractivity contribution in [2.45, 2.75) is 0 Å². The lowest BCUT2D eigenvalue weighted by molar-refractivity contribution is 0.848. The van der Waals surface area contributed by atoms with Crippen LogP contribution in [0.2, 0.25) is 0 Å². The van der Waals surface area contributed by atoms with Crippen molar-refractivity contribution in [3.05, 3.63) is 36.4 Å². The second kappa shape index (κ2) is 3.41. The average Bonchev–Trinajstić information content (AvgIpc) is 2.44. The Kier molecular flexibility index (Phi) is 2.03. The van der Waals surface area contributed by atoms with Crippen LogP contribution in [0.4, 0.5) is 11.4 Å². The predicted molar refractivity (Wildman–Crippen MR) is 70.5 cm³/mol. The lowest BCUT2D eigenvalue weighted by Crippen LogP contribution is -2.27. The van der Waals surface area contributed by atoms with Crippen molar-refractivity contribution in [2.75, 3.05) is 37.0 Å². The summed E-state index contributed by atoms with van der Waals surface area (Å²) in [6.45, 7) is 2.15. The summed E-state index contributed by atoms with van der Waals surface area (Å²) >= 11 is 0. The molecular formula is C14H16N2. The van der Waals surface area contributed by atoms with Gasteiger partial charge in [0.2, 0.25) is 0 Å². The fraction of sp³-hybridized carbons (Fsp3) is 0.286. The Hall–Kier alpha value is -1.70. The van der Waals surface area contributed by atoms with E-state index in [9.17, 15) is 0 Å². The Labute approximate surface area is 96.1 Å². The monoisotopic (exact) mass is 212 g/mol. The Morgan fingerprint density at radius 1 is 0.812 bits per heavy atom. The summed E-state index contributed by atoms with van der Waals surface area (Å²) in [5.41, 5.74) is 2.69.